The molecule has 8 heteroatoms. The molecule has 0 fully saturated rings. The zero-order chi connectivity index (χ0) is 18.8. The second-order valence-corrected chi connectivity index (χ2v) is 7.36. The topological polar surface area (TPSA) is 103 Å². The normalized spacial score (nSPS) is 13.7. The summed E-state index contributed by atoms with van der Waals surface area (Å²) >= 11 is 1.63. The van der Waals surface area contributed by atoms with Gasteiger partial charge in [-0.15, -0.1) is 11.3 Å². The van der Waals surface area contributed by atoms with E-state index in [-0.39, 0.29) is 6.04 Å². The number of fused-ring (bicyclic) bond motifs is 1. The summed E-state index contributed by atoms with van der Waals surface area (Å²) < 4.78 is 1.89. The van der Waals surface area contributed by atoms with Crippen LogP contribution >= 0.6 is 11.3 Å². The van der Waals surface area contributed by atoms with Crippen molar-refractivity contribution in [3.8, 4) is 10.6 Å². The van der Waals surface area contributed by atoms with Gasteiger partial charge >= 0.3 is 0 Å². The number of hydrogen-bond donors (Lipinski definition) is 2. The Kier molecular flexibility index (Phi) is 4.83. The second kappa shape index (κ2) is 7.42. The number of benzene rings is 1. The van der Waals surface area contributed by atoms with E-state index < -0.39 is 6.10 Å². The maximum atomic E-state index is 10.4. The van der Waals surface area contributed by atoms with Crippen LogP contribution in [-0.4, -0.2) is 35.7 Å². The minimum atomic E-state index is -0.555. The fourth-order valence-electron chi connectivity index (χ4n) is 3.27. The third kappa shape index (κ3) is 3.54. The van der Waals surface area contributed by atoms with Crippen LogP contribution in [0.2, 0.25) is 0 Å². The maximum Gasteiger partial charge on any atom is 0.165 e. The van der Waals surface area contributed by atoms with E-state index in [1.165, 1.54) is 11.9 Å². The van der Waals surface area contributed by atoms with Gasteiger partial charge in [0.15, 0.2) is 11.5 Å². The Bertz CT molecular complexity index is 1040. The summed E-state index contributed by atoms with van der Waals surface area (Å²) in [7, 11) is 0. The molecule has 0 aliphatic heterocycles. The molecule has 0 radical (unpaired) electrons. The van der Waals surface area contributed by atoms with E-state index in [1.807, 2.05) is 22.2 Å². The van der Waals surface area contributed by atoms with Crippen LogP contribution in [-0.2, 0) is 6.42 Å². The summed E-state index contributed by atoms with van der Waals surface area (Å²) in [5.41, 5.74) is 9.40. The Hall–Kier alpha value is -2.84. The lowest BCUT2D eigenvalue weighted by Gasteiger charge is -2.22. The van der Waals surface area contributed by atoms with E-state index in [0.29, 0.717) is 17.0 Å². The van der Waals surface area contributed by atoms with Crippen molar-refractivity contribution in [1.82, 2.24) is 24.5 Å². The highest BCUT2D eigenvalue weighted by Crippen LogP contribution is 2.27. The number of aliphatic hydroxyl groups excluding tert-OH is 1. The number of hydrogen-bond acceptors (Lipinski definition) is 7. The third-order valence-electron chi connectivity index (χ3n) is 4.64. The molecule has 4 rings (SSSR count). The Morgan fingerprint density at radius 2 is 2.11 bits per heavy atom. The summed E-state index contributed by atoms with van der Waals surface area (Å²) in [5, 5.41) is 13.4. The molecule has 3 N–H and O–H groups in total. The number of aliphatic hydroxyl groups is 1. The largest absolute Gasteiger partial charge is 0.391 e. The molecule has 0 unspecified atom stereocenters. The van der Waals surface area contributed by atoms with Crippen LogP contribution in [0.5, 0.6) is 0 Å². The lowest BCUT2D eigenvalue weighted by atomic mass is 10.0. The monoisotopic (exact) mass is 380 g/mol. The molecule has 0 amide bonds. The van der Waals surface area contributed by atoms with Crippen molar-refractivity contribution in [1.29, 1.82) is 0 Å². The number of nitrogen functional groups attached to an aromatic ring is 1. The number of rotatable bonds is 6. The Balaban J connectivity index is 1.58. The summed E-state index contributed by atoms with van der Waals surface area (Å²) in [6.45, 7) is 1.78. The lowest BCUT2D eigenvalue weighted by Crippen LogP contribution is -2.22. The number of aryl methyl sites for hydroxylation is 1. The number of anilines is 1. The lowest BCUT2D eigenvalue weighted by molar-refractivity contribution is 0.126. The predicted octanol–water partition coefficient (Wildman–Crippen LogP) is 3.09. The average molecular weight is 380 g/mol. The van der Waals surface area contributed by atoms with Gasteiger partial charge in [-0.25, -0.2) is 19.9 Å². The first-order chi connectivity index (χ1) is 13.1. The standard InChI is InChI=1S/C19H20N6OS/c1-12(26)15(25-11-24-16-17(20)22-10-23-18(16)25)6-5-13-3-2-4-14(9-13)19-21-7-8-27-19/h2-4,7-12,15,26H,5-6H2,1H3,(H2,20,22,23)/t12-,15+/m0/s1. The highest BCUT2D eigenvalue weighted by atomic mass is 32.1. The van der Waals surface area contributed by atoms with Gasteiger partial charge in [0.25, 0.3) is 0 Å². The van der Waals surface area contributed by atoms with Gasteiger partial charge in [-0.3, -0.25) is 0 Å². The third-order valence-corrected chi connectivity index (χ3v) is 5.46. The smallest absolute Gasteiger partial charge is 0.165 e. The van der Waals surface area contributed by atoms with Crippen LogP contribution in [0, 0.1) is 0 Å². The predicted molar refractivity (Wildman–Crippen MR) is 106 cm³/mol. The van der Waals surface area contributed by atoms with Crippen molar-refractivity contribution in [2.45, 2.75) is 31.9 Å². The summed E-state index contributed by atoms with van der Waals surface area (Å²) in [6, 6.07) is 8.21. The van der Waals surface area contributed by atoms with Crippen molar-refractivity contribution < 1.29 is 5.11 Å². The van der Waals surface area contributed by atoms with Crippen molar-refractivity contribution >= 4 is 28.3 Å². The van der Waals surface area contributed by atoms with Crippen molar-refractivity contribution in [3.63, 3.8) is 0 Å². The molecule has 1 aromatic carbocycles. The highest BCUT2D eigenvalue weighted by Gasteiger charge is 2.21. The van der Waals surface area contributed by atoms with Crippen LogP contribution in [0.4, 0.5) is 5.82 Å². The van der Waals surface area contributed by atoms with Crippen LogP contribution < -0.4 is 5.73 Å². The first-order valence-electron chi connectivity index (χ1n) is 8.73. The number of nitrogens with two attached hydrogens (primary N) is 1. The molecule has 138 valence electrons. The molecular formula is C19H20N6OS. The quantitative estimate of drug-likeness (QED) is 0.533. The number of nitrogens with zero attached hydrogens (tertiary/aromatic N) is 5. The first-order valence-corrected chi connectivity index (χ1v) is 9.61. The van der Waals surface area contributed by atoms with Gasteiger partial charge in [0.05, 0.1) is 18.5 Å². The van der Waals surface area contributed by atoms with Crippen LogP contribution in [0.25, 0.3) is 21.7 Å². The average Bonchev–Trinajstić information content (AvgIpc) is 3.33. The Morgan fingerprint density at radius 3 is 2.89 bits per heavy atom. The molecule has 0 saturated carbocycles. The molecule has 0 spiro atoms. The minimum absolute atomic E-state index is 0.159. The van der Waals surface area contributed by atoms with Crippen LogP contribution in [0.1, 0.15) is 24.9 Å². The number of aromatic nitrogens is 5. The highest BCUT2D eigenvalue weighted by molar-refractivity contribution is 7.13. The molecule has 27 heavy (non-hydrogen) atoms. The fourth-order valence-corrected chi connectivity index (χ4v) is 3.90. The summed E-state index contributed by atoms with van der Waals surface area (Å²) in [5.74, 6) is 0.347. The van der Waals surface area contributed by atoms with Gasteiger partial charge in [0.1, 0.15) is 16.9 Å². The molecule has 3 aromatic heterocycles. The van der Waals surface area contributed by atoms with Gasteiger partial charge in [-0.05, 0) is 31.4 Å². The van der Waals surface area contributed by atoms with E-state index >= 15 is 0 Å². The maximum absolute atomic E-state index is 10.4. The van der Waals surface area contributed by atoms with Crippen molar-refractivity contribution in [2.24, 2.45) is 0 Å². The summed E-state index contributed by atoms with van der Waals surface area (Å²) in [4.78, 5) is 17.0. The first kappa shape index (κ1) is 17.6. The number of thiazole rings is 1. The number of imidazole rings is 1. The fraction of sp³-hybridized carbons (Fsp3) is 0.263. The van der Waals surface area contributed by atoms with Crippen molar-refractivity contribution in [3.05, 3.63) is 54.1 Å². The molecule has 4 aromatic rings. The van der Waals surface area contributed by atoms with Gasteiger partial charge in [-0.1, -0.05) is 18.2 Å². The van der Waals surface area contributed by atoms with Gasteiger partial charge in [0.2, 0.25) is 0 Å². The van der Waals surface area contributed by atoms with Crippen molar-refractivity contribution in [2.75, 3.05) is 5.73 Å². The second-order valence-electron chi connectivity index (χ2n) is 6.47. The molecule has 7 nitrogen and oxygen atoms in total. The molecule has 0 saturated heterocycles. The molecule has 0 aliphatic rings. The van der Waals surface area contributed by atoms with E-state index in [2.05, 4.69) is 38.1 Å². The SMILES string of the molecule is C[C@H](O)[C@@H](CCc1cccc(-c2nccs2)c1)n1cnc2c(N)ncnc21. The van der Waals surface area contributed by atoms with E-state index in [0.717, 1.165) is 23.4 Å². The Labute approximate surface area is 160 Å². The zero-order valence-corrected chi connectivity index (χ0v) is 15.7. The molecular weight excluding hydrogens is 360 g/mol. The minimum Gasteiger partial charge on any atom is -0.391 e. The van der Waals surface area contributed by atoms with E-state index in [1.54, 1.807) is 24.6 Å². The zero-order valence-electron chi connectivity index (χ0n) is 14.9. The Morgan fingerprint density at radius 1 is 1.22 bits per heavy atom. The van der Waals surface area contributed by atoms with E-state index in [9.17, 15) is 5.11 Å². The van der Waals surface area contributed by atoms with Gasteiger partial charge in [0, 0.05) is 17.1 Å². The van der Waals surface area contributed by atoms with E-state index in [4.69, 9.17) is 5.73 Å². The van der Waals surface area contributed by atoms with Gasteiger partial charge in [-0.2, -0.15) is 0 Å². The van der Waals surface area contributed by atoms with Crippen LogP contribution in [0.3, 0.4) is 0 Å². The van der Waals surface area contributed by atoms with Crippen LogP contribution in [0.15, 0.2) is 48.5 Å². The summed E-state index contributed by atoms with van der Waals surface area (Å²) in [6.07, 6.45) is 5.92. The molecule has 0 aliphatic carbocycles. The van der Waals surface area contributed by atoms with Gasteiger partial charge < -0.3 is 15.4 Å². The molecule has 2 atom stereocenters. The molecule has 0 bridgehead atoms. The molecule has 3 heterocycles.